The second-order valence-corrected chi connectivity index (χ2v) is 5.76. The third kappa shape index (κ3) is 5.86. The molecule has 0 aromatic heterocycles. The molecule has 136 valence electrons. The van der Waals surface area contributed by atoms with Crippen molar-refractivity contribution in [3.05, 3.63) is 54.1 Å². The fourth-order valence-corrected chi connectivity index (χ4v) is 2.34. The van der Waals surface area contributed by atoms with E-state index in [-0.39, 0.29) is 16.9 Å². The minimum absolute atomic E-state index is 0.152. The molecule has 0 saturated carbocycles. The van der Waals surface area contributed by atoms with Gasteiger partial charge in [0.15, 0.2) is 5.11 Å². The Bertz CT molecular complexity index is 791. The zero-order valence-corrected chi connectivity index (χ0v) is 15.5. The van der Waals surface area contributed by atoms with Gasteiger partial charge in [-0.25, -0.2) is 0 Å². The minimum atomic E-state index is -0.224. The highest BCUT2D eigenvalue weighted by Crippen LogP contribution is 2.17. The first-order valence-electron chi connectivity index (χ1n) is 8.27. The van der Waals surface area contributed by atoms with Crippen LogP contribution < -0.4 is 20.7 Å². The van der Waals surface area contributed by atoms with E-state index in [4.69, 9.17) is 17.0 Å². The van der Waals surface area contributed by atoms with Gasteiger partial charge in [-0.3, -0.25) is 9.59 Å². The van der Waals surface area contributed by atoms with Crippen LogP contribution in [0.3, 0.4) is 0 Å². The van der Waals surface area contributed by atoms with E-state index < -0.39 is 0 Å². The Kier molecular flexibility index (Phi) is 7.11. The molecule has 0 aliphatic rings. The Morgan fingerprint density at radius 3 is 2.27 bits per heavy atom. The van der Waals surface area contributed by atoms with E-state index in [1.807, 2.05) is 6.92 Å². The van der Waals surface area contributed by atoms with Crippen LogP contribution in [0.15, 0.2) is 48.5 Å². The first-order chi connectivity index (χ1) is 12.5. The fraction of sp³-hybridized carbons (Fsp3) is 0.211. The Labute approximate surface area is 157 Å². The molecule has 0 aliphatic heterocycles. The number of hydrogen-bond acceptors (Lipinski definition) is 4. The summed E-state index contributed by atoms with van der Waals surface area (Å²) >= 11 is 5.05. The van der Waals surface area contributed by atoms with Gasteiger partial charge in [0.05, 0.1) is 6.61 Å². The second-order valence-electron chi connectivity index (χ2n) is 5.35. The van der Waals surface area contributed by atoms with Gasteiger partial charge < -0.3 is 20.7 Å². The van der Waals surface area contributed by atoms with Crippen LogP contribution in [0.2, 0.25) is 0 Å². The van der Waals surface area contributed by atoms with E-state index in [0.717, 1.165) is 0 Å². The van der Waals surface area contributed by atoms with Gasteiger partial charge in [0.25, 0.3) is 5.91 Å². The number of thiocarbonyl (C=S) groups is 1. The zero-order valence-electron chi connectivity index (χ0n) is 14.7. The molecule has 2 rings (SSSR count). The molecule has 0 spiro atoms. The smallest absolute Gasteiger partial charge is 0.255 e. The number of ether oxygens (including phenoxy) is 1. The average Bonchev–Trinajstić information content (AvgIpc) is 2.63. The lowest BCUT2D eigenvalue weighted by atomic mass is 10.2. The summed E-state index contributed by atoms with van der Waals surface area (Å²) in [5, 5.41) is 8.53. The molecular formula is C19H21N3O3S. The van der Waals surface area contributed by atoms with Gasteiger partial charge >= 0.3 is 0 Å². The van der Waals surface area contributed by atoms with Crippen LogP contribution >= 0.6 is 12.2 Å². The van der Waals surface area contributed by atoms with Crippen molar-refractivity contribution in [1.82, 2.24) is 5.32 Å². The Morgan fingerprint density at radius 2 is 1.65 bits per heavy atom. The van der Waals surface area contributed by atoms with E-state index in [1.165, 1.54) is 0 Å². The highest BCUT2D eigenvalue weighted by atomic mass is 32.1. The van der Waals surface area contributed by atoms with Crippen LogP contribution in [0.1, 0.15) is 30.6 Å². The number of rotatable bonds is 6. The van der Waals surface area contributed by atoms with Crippen molar-refractivity contribution < 1.29 is 14.3 Å². The predicted octanol–water partition coefficient (Wildman–Crippen LogP) is 3.56. The van der Waals surface area contributed by atoms with Gasteiger partial charge in [0.2, 0.25) is 5.91 Å². The van der Waals surface area contributed by atoms with E-state index in [2.05, 4.69) is 16.0 Å². The second kappa shape index (κ2) is 9.53. The maximum Gasteiger partial charge on any atom is 0.255 e. The summed E-state index contributed by atoms with van der Waals surface area (Å²) in [4.78, 5) is 23.6. The van der Waals surface area contributed by atoms with E-state index in [1.54, 1.807) is 55.5 Å². The molecule has 2 aromatic carbocycles. The summed E-state index contributed by atoms with van der Waals surface area (Å²) in [6.07, 6.45) is 0.358. The number of hydrogen-bond donors (Lipinski definition) is 3. The van der Waals surface area contributed by atoms with Crippen molar-refractivity contribution in [3.8, 4) is 5.75 Å². The highest BCUT2D eigenvalue weighted by Gasteiger charge is 2.08. The summed E-state index contributed by atoms with van der Waals surface area (Å²) in [7, 11) is 0. The molecule has 0 unspecified atom stereocenters. The molecule has 0 aliphatic carbocycles. The third-order valence-corrected chi connectivity index (χ3v) is 3.59. The van der Waals surface area contributed by atoms with Crippen LogP contribution in [0.4, 0.5) is 11.4 Å². The van der Waals surface area contributed by atoms with Crippen molar-refractivity contribution in [2.75, 3.05) is 17.2 Å². The number of carbonyl (C=O) groups excluding carboxylic acids is 2. The number of benzene rings is 2. The maximum absolute atomic E-state index is 12.3. The molecule has 0 saturated heterocycles. The molecule has 0 atom stereocenters. The number of carbonyl (C=O) groups is 2. The lowest BCUT2D eigenvalue weighted by Crippen LogP contribution is -2.33. The molecule has 0 fully saturated rings. The van der Waals surface area contributed by atoms with Crippen LogP contribution in [0.5, 0.6) is 5.75 Å². The van der Waals surface area contributed by atoms with Crippen LogP contribution in [-0.4, -0.2) is 23.5 Å². The van der Waals surface area contributed by atoms with Gasteiger partial charge in [-0.2, -0.15) is 0 Å². The molecule has 2 aromatic rings. The number of nitrogens with one attached hydrogen (secondary N) is 3. The first-order valence-corrected chi connectivity index (χ1v) is 8.67. The maximum atomic E-state index is 12.3. The van der Waals surface area contributed by atoms with Crippen LogP contribution in [0, 0.1) is 0 Å². The predicted molar refractivity (Wildman–Crippen MR) is 107 cm³/mol. The van der Waals surface area contributed by atoms with Crippen molar-refractivity contribution in [2.24, 2.45) is 0 Å². The monoisotopic (exact) mass is 371 g/mol. The zero-order chi connectivity index (χ0) is 18.9. The summed E-state index contributed by atoms with van der Waals surface area (Å²) < 4.78 is 5.40. The number of amides is 2. The quantitative estimate of drug-likeness (QED) is 0.677. The standard InChI is InChI=1S/C19H21N3O3S/c1-3-17(23)22-19(26)21-15-10-8-14(9-11-15)20-18(24)13-6-5-7-16(12-13)25-4-2/h5-12H,3-4H2,1-2H3,(H,20,24)(H2,21,22,23,26). The summed E-state index contributed by atoms with van der Waals surface area (Å²) in [5.41, 5.74) is 1.87. The lowest BCUT2D eigenvalue weighted by molar-refractivity contribution is -0.119. The molecule has 7 heteroatoms. The Hall–Kier alpha value is -2.93. The number of anilines is 2. The summed E-state index contributed by atoms with van der Waals surface area (Å²) in [6.45, 7) is 4.18. The van der Waals surface area contributed by atoms with Gasteiger partial charge in [-0.05, 0) is 61.6 Å². The van der Waals surface area contributed by atoms with Gasteiger partial charge in [0, 0.05) is 23.4 Å². The van der Waals surface area contributed by atoms with E-state index in [0.29, 0.717) is 35.7 Å². The third-order valence-electron chi connectivity index (χ3n) is 3.38. The van der Waals surface area contributed by atoms with Gasteiger partial charge in [-0.1, -0.05) is 13.0 Å². The lowest BCUT2D eigenvalue weighted by Gasteiger charge is -2.10. The normalized spacial score (nSPS) is 9.92. The SMILES string of the molecule is CCOc1cccc(C(=O)Nc2ccc(NC(=S)NC(=O)CC)cc2)c1. The van der Waals surface area contributed by atoms with Crippen LogP contribution in [0.25, 0.3) is 0 Å². The Balaban J connectivity index is 1.96. The Morgan fingerprint density at radius 1 is 1.00 bits per heavy atom. The van der Waals surface area contributed by atoms with E-state index in [9.17, 15) is 9.59 Å². The van der Waals surface area contributed by atoms with Gasteiger partial charge in [-0.15, -0.1) is 0 Å². The largest absolute Gasteiger partial charge is 0.494 e. The highest BCUT2D eigenvalue weighted by molar-refractivity contribution is 7.80. The van der Waals surface area contributed by atoms with Gasteiger partial charge in [0.1, 0.15) is 5.75 Å². The summed E-state index contributed by atoms with van der Waals surface area (Å²) in [6, 6.07) is 14.0. The molecule has 0 radical (unpaired) electrons. The van der Waals surface area contributed by atoms with E-state index >= 15 is 0 Å². The average molecular weight is 371 g/mol. The molecule has 26 heavy (non-hydrogen) atoms. The van der Waals surface area contributed by atoms with Crippen molar-refractivity contribution in [3.63, 3.8) is 0 Å². The fourth-order valence-electron chi connectivity index (χ4n) is 2.11. The molecular weight excluding hydrogens is 350 g/mol. The molecule has 3 N–H and O–H groups in total. The van der Waals surface area contributed by atoms with Crippen molar-refractivity contribution in [2.45, 2.75) is 20.3 Å². The summed E-state index contributed by atoms with van der Waals surface area (Å²) in [5.74, 6) is 0.279. The topological polar surface area (TPSA) is 79.5 Å². The molecule has 0 bridgehead atoms. The van der Waals surface area contributed by atoms with Crippen LogP contribution in [-0.2, 0) is 4.79 Å². The molecule has 6 nitrogen and oxygen atoms in total. The molecule has 2 amide bonds. The first kappa shape index (κ1) is 19.4. The van der Waals surface area contributed by atoms with Crippen molar-refractivity contribution in [1.29, 1.82) is 0 Å². The van der Waals surface area contributed by atoms with Crippen molar-refractivity contribution >= 4 is 40.5 Å². The minimum Gasteiger partial charge on any atom is -0.494 e. The molecule has 0 heterocycles.